The zero-order chi connectivity index (χ0) is 35.6. The van der Waals surface area contributed by atoms with Crippen LogP contribution in [0, 0.1) is 27.7 Å². The topological polar surface area (TPSA) is 115 Å². The number of aromatic carboxylic acids is 1. The van der Waals surface area contributed by atoms with Crippen LogP contribution >= 0.6 is 23.2 Å². The summed E-state index contributed by atoms with van der Waals surface area (Å²) in [7, 11) is 1.84. The van der Waals surface area contributed by atoms with Crippen LogP contribution in [-0.2, 0) is 13.5 Å². The number of aryl methyl sites for hydroxylation is 6. The first-order valence-electron chi connectivity index (χ1n) is 16.4. The number of hydrogen-bond donors (Lipinski definition) is 1. The number of carboxylic acids is 1. The molecule has 1 amide bonds. The van der Waals surface area contributed by atoms with Gasteiger partial charge in [-0.25, -0.2) is 19.7 Å². The summed E-state index contributed by atoms with van der Waals surface area (Å²) in [5, 5.41) is 12.5. The number of ether oxygens (including phenoxy) is 1. The summed E-state index contributed by atoms with van der Waals surface area (Å²) in [6.07, 6.45) is 5.92. The van der Waals surface area contributed by atoms with Crippen molar-refractivity contribution in [1.29, 1.82) is 0 Å². The minimum Gasteiger partial charge on any atom is -0.494 e. The van der Waals surface area contributed by atoms with Gasteiger partial charge < -0.3 is 23.9 Å². The predicted octanol–water partition coefficient (Wildman–Crippen LogP) is 8.46. The molecule has 4 aromatic heterocycles. The van der Waals surface area contributed by atoms with Crippen molar-refractivity contribution in [3.05, 3.63) is 98.4 Å². The molecule has 0 bridgehead atoms. The van der Waals surface area contributed by atoms with E-state index in [4.69, 9.17) is 27.9 Å². The fourth-order valence-corrected chi connectivity index (χ4v) is 7.69. The standard InChI is InChI=1S/C38H36Cl2N6O4/c1-19-12-25(13-20(2)33(19)40)50-11-7-8-26-27-9-10-29(39)32(31-22(4)42-18-43-23(31)5)34(27)46-21(3)16-45(37(47)35(26)46)30-17-44(6)36-28(30)14-24(15-41-36)38(48)49/h9-10,12-15,17-18,21H,7-8,11,16H2,1-6H3,(H,48,49). The summed E-state index contributed by atoms with van der Waals surface area (Å²) in [6, 6.07) is 9.15. The Kier molecular flexibility index (Phi) is 8.56. The number of halogens is 2. The highest BCUT2D eigenvalue weighted by Crippen LogP contribution is 2.45. The summed E-state index contributed by atoms with van der Waals surface area (Å²) in [5.41, 5.74) is 8.69. The van der Waals surface area contributed by atoms with Crippen molar-refractivity contribution in [3.8, 4) is 16.9 Å². The van der Waals surface area contributed by atoms with Crippen LogP contribution in [0.2, 0.25) is 10.0 Å². The molecule has 256 valence electrons. The molecule has 6 aromatic rings. The van der Waals surface area contributed by atoms with Crippen LogP contribution in [0.3, 0.4) is 0 Å². The van der Waals surface area contributed by atoms with Crippen LogP contribution in [-0.4, -0.2) is 54.2 Å². The van der Waals surface area contributed by atoms with Gasteiger partial charge in [-0.1, -0.05) is 29.3 Å². The maximum absolute atomic E-state index is 14.9. The Morgan fingerprint density at radius 2 is 1.70 bits per heavy atom. The Labute approximate surface area is 299 Å². The average molecular weight is 712 g/mol. The largest absolute Gasteiger partial charge is 0.494 e. The first kappa shape index (κ1) is 33.6. The predicted molar refractivity (Wildman–Crippen MR) is 196 cm³/mol. The quantitative estimate of drug-likeness (QED) is 0.158. The van der Waals surface area contributed by atoms with Gasteiger partial charge in [-0.15, -0.1) is 0 Å². The summed E-state index contributed by atoms with van der Waals surface area (Å²) in [4.78, 5) is 41.9. The van der Waals surface area contributed by atoms with Gasteiger partial charge in [-0.3, -0.25) is 4.79 Å². The van der Waals surface area contributed by atoms with Gasteiger partial charge in [0.05, 0.1) is 28.4 Å². The Bertz CT molecular complexity index is 2340. The number of fused-ring (bicyclic) bond motifs is 4. The lowest BCUT2D eigenvalue weighted by Gasteiger charge is -2.34. The Hall–Kier alpha value is -4.93. The molecule has 0 radical (unpaired) electrons. The van der Waals surface area contributed by atoms with E-state index < -0.39 is 5.97 Å². The van der Waals surface area contributed by atoms with E-state index in [0.29, 0.717) is 53.4 Å². The Balaban J connectivity index is 1.38. The van der Waals surface area contributed by atoms with Crippen molar-refractivity contribution in [2.45, 2.75) is 53.5 Å². The molecule has 7 rings (SSSR count). The smallest absolute Gasteiger partial charge is 0.337 e. The SMILES string of the molecule is Cc1cc(OCCCc2c3n(c4c(-c5c(C)ncnc5C)c(Cl)ccc24)C(C)CN(c2cn(C)c4ncc(C(=O)O)cc24)C3=O)cc(C)c1Cl. The Morgan fingerprint density at radius 1 is 1.00 bits per heavy atom. The van der Waals surface area contributed by atoms with Crippen LogP contribution in [0.4, 0.5) is 5.69 Å². The average Bonchev–Trinajstić information content (AvgIpc) is 3.59. The van der Waals surface area contributed by atoms with E-state index in [-0.39, 0.29) is 17.5 Å². The van der Waals surface area contributed by atoms with Gasteiger partial charge in [0.15, 0.2) is 0 Å². The fraction of sp³-hybridized carbons (Fsp3) is 0.289. The van der Waals surface area contributed by atoms with Gasteiger partial charge in [0.25, 0.3) is 5.91 Å². The molecule has 0 saturated carbocycles. The van der Waals surface area contributed by atoms with Gasteiger partial charge in [-0.2, -0.15) is 0 Å². The fourth-order valence-electron chi connectivity index (χ4n) is 7.33. The van der Waals surface area contributed by atoms with Crippen LogP contribution in [0.1, 0.15) is 68.3 Å². The molecule has 0 spiro atoms. The zero-order valence-electron chi connectivity index (χ0n) is 28.6. The Morgan fingerprint density at radius 3 is 2.38 bits per heavy atom. The van der Waals surface area contributed by atoms with Gasteiger partial charge in [0.2, 0.25) is 0 Å². The normalized spacial score (nSPS) is 14.5. The van der Waals surface area contributed by atoms with Crippen LogP contribution in [0.25, 0.3) is 33.1 Å². The molecule has 1 unspecified atom stereocenters. The van der Waals surface area contributed by atoms with E-state index in [1.54, 1.807) is 17.3 Å². The van der Waals surface area contributed by atoms with Crippen molar-refractivity contribution in [2.24, 2.45) is 7.05 Å². The van der Waals surface area contributed by atoms with E-state index >= 15 is 0 Å². The number of carbonyl (C=O) groups is 2. The van der Waals surface area contributed by atoms with Crippen molar-refractivity contribution in [3.63, 3.8) is 0 Å². The molecule has 1 atom stereocenters. The molecule has 0 aliphatic carbocycles. The van der Waals surface area contributed by atoms with Crippen molar-refractivity contribution in [2.75, 3.05) is 18.1 Å². The van der Waals surface area contributed by atoms with E-state index in [1.807, 2.05) is 69.8 Å². The van der Waals surface area contributed by atoms with E-state index in [2.05, 4.69) is 26.4 Å². The van der Waals surface area contributed by atoms with Gasteiger partial charge >= 0.3 is 5.97 Å². The lowest BCUT2D eigenvalue weighted by Crippen LogP contribution is -2.42. The van der Waals surface area contributed by atoms with E-state index in [1.165, 1.54) is 6.20 Å². The molecule has 50 heavy (non-hydrogen) atoms. The highest BCUT2D eigenvalue weighted by Gasteiger charge is 2.37. The first-order chi connectivity index (χ1) is 23.9. The number of nitrogens with zero attached hydrogens (tertiary/aromatic N) is 6. The summed E-state index contributed by atoms with van der Waals surface area (Å²) < 4.78 is 10.1. The van der Waals surface area contributed by atoms with Crippen LogP contribution in [0.15, 0.2) is 49.1 Å². The van der Waals surface area contributed by atoms with Crippen molar-refractivity contribution in [1.82, 2.24) is 24.1 Å². The number of aromatic nitrogens is 5. The van der Waals surface area contributed by atoms with Crippen molar-refractivity contribution >= 4 is 62.7 Å². The summed E-state index contributed by atoms with van der Waals surface area (Å²) in [5.74, 6) is -0.522. The van der Waals surface area contributed by atoms with E-state index in [0.717, 1.165) is 60.9 Å². The highest BCUT2D eigenvalue weighted by molar-refractivity contribution is 6.35. The van der Waals surface area contributed by atoms with Gasteiger partial charge in [0.1, 0.15) is 23.4 Å². The molecular formula is C38H36Cl2N6O4. The molecule has 1 aliphatic rings. The molecular weight excluding hydrogens is 675 g/mol. The van der Waals surface area contributed by atoms with Gasteiger partial charge in [0, 0.05) is 70.3 Å². The van der Waals surface area contributed by atoms with E-state index in [9.17, 15) is 14.7 Å². The van der Waals surface area contributed by atoms with Crippen LogP contribution < -0.4 is 9.64 Å². The third-order valence-corrected chi connectivity index (χ3v) is 10.5. The molecule has 10 nitrogen and oxygen atoms in total. The second-order valence-electron chi connectivity index (χ2n) is 13.0. The second-order valence-corrected chi connectivity index (χ2v) is 13.8. The third-order valence-electron chi connectivity index (χ3n) is 9.61. The zero-order valence-corrected chi connectivity index (χ0v) is 30.1. The lowest BCUT2D eigenvalue weighted by atomic mass is 9.97. The maximum atomic E-state index is 14.9. The third kappa shape index (κ3) is 5.47. The molecule has 0 saturated heterocycles. The lowest BCUT2D eigenvalue weighted by molar-refractivity contribution is 0.0696. The highest BCUT2D eigenvalue weighted by atomic mass is 35.5. The number of hydrogen-bond acceptors (Lipinski definition) is 6. The number of rotatable bonds is 8. The number of carboxylic acid groups (broad SMARTS) is 1. The molecule has 0 fully saturated rings. The first-order valence-corrected chi connectivity index (χ1v) is 17.2. The molecule has 1 aliphatic heterocycles. The molecule has 1 N–H and O–H groups in total. The summed E-state index contributed by atoms with van der Waals surface area (Å²) in [6.45, 7) is 10.6. The monoisotopic (exact) mass is 710 g/mol. The number of carbonyl (C=O) groups excluding carboxylic acids is 1. The number of amides is 1. The van der Waals surface area contributed by atoms with Crippen molar-refractivity contribution < 1.29 is 19.4 Å². The molecule has 5 heterocycles. The molecule has 12 heteroatoms. The number of benzene rings is 2. The maximum Gasteiger partial charge on any atom is 0.337 e. The van der Waals surface area contributed by atoms with Gasteiger partial charge in [-0.05, 0) is 88.4 Å². The van der Waals surface area contributed by atoms with Crippen LogP contribution in [0.5, 0.6) is 5.75 Å². The summed E-state index contributed by atoms with van der Waals surface area (Å²) >= 11 is 13.4. The number of anilines is 1. The minimum absolute atomic E-state index is 0.0541. The second kappa shape index (κ2) is 12.8. The minimum atomic E-state index is -1.08. The number of pyridine rings is 1. The molecule has 2 aromatic carbocycles.